The van der Waals surface area contributed by atoms with E-state index < -0.39 is 0 Å². The molecule has 3 nitrogen and oxygen atoms in total. The SMILES string of the molecule is CCC1CCCCN1C(=O)NC(C)c1ccccc1. The number of hydrogen-bond donors (Lipinski definition) is 1. The molecule has 1 aliphatic heterocycles. The molecule has 2 atom stereocenters. The molecule has 0 bridgehead atoms. The molecule has 1 aliphatic rings. The van der Waals surface area contributed by atoms with Gasteiger partial charge in [0, 0.05) is 12.6 Å². The van der Waals surface area contributed by atoms with E-state index in [2.05, 4.69) is 24.4 Å². The van der Waals surface area contributed by atoms with E-state index in [0.29, 0.717) is 6.04 Å². The third-order valence-corrected chi connectivity index (χ3v) is 4.00. The lowest BCUT2D eigenvalue weighted by atomic mass is 10.0. The molecule has 1 fully saturated rings. The smallest absolute Gasteiger partial charge is 0.318 e. The summed E-state index contributed by atoms with van der Waals surface area (Å²) < 4.78 is 0. The van der Waals surface area contributed by atoms with E-state index in [1.54, 1.807) is 0 Å². The molecule has 104 valence electrons. The number of rotatable bonds is 3. The van der Waals surface area contributed by atoms with E-state index >= 15 is 0 Å². The van der Waals surface area contributed by atoms with E-state index in [-0.39, 0.29) is 12.1 Å². The summed E-state index contributed by atoms with van der Waals surface area (Å²) in [5.74, 6) is 0. The van der Waals surface area contributed by atoms with E-state index in [1.165, 1.54) is 6.42 Å². The fraction of sp³-hybridized carbons (Fsp3) is 0.562. The number of urea groups is 1. The van der Waals surface area contributed by atoms with Gasteiger partial charge in [0.25, 0.3) is 0 Å². The highest BCUT2D eigenvalue weighted by atomic mass is 16.2. The summed E-state index contributed by atoms with van der Waals surface area (Å²) in [4.78, 5) is 14.4. The first kappa shape index (κ1) is 13.9. The van der Waals surface area contributed by atoms with Gasteiger partial charge in [0.1, 0.15) is 0 Å². The molecular weight excluding hydrogens is 236 g/mol. The van der Waals surface area contributed by atoms with Crippen LogP contribution in [0, 0.1) is 0 Å². The van der Waals surface area contributed by atoms with Gasteiger partial charge in [-0.2, -0.15) is 0 Å². The number of piperidine rings is 1. The largest absolute Gasteiger partial charge is 0.331 e. The molecule has 2 amide bonds. The van der Waals surface area contributed by atoms with E-state index in [0.717, 1.165) is 31.4 Å². The Morgan fingerprint density at radius 3 is 2.79 bits per heavy atom. The van der Waals surface area contributed by atoms with Crippen LogP contribution in [-0.4, -0.2) is 23.5 Å². The third-order valence-electron chi connectivity index (χ3n) is 4.00. The maximum atomic E-state index is 12.4. The number of nitrogens with one attached hydrogen (secondary N) is 1. The van der Waals surface area contributed by atoms with Crippen molar-refractivity contribution in [2.45, 2.75) is 51.6 Å². The second-order valence-corrected chi connectivity index (χ2v) is 5.33. The van der Waals surface area contributed by atoms with Crippen molar-refractivity contribution in [1.29, 1.82) is 0 Å². The zero-order valence-corrected chi connectivity index (χ0v) is 11.9. The molecule has 1 saturated heterocycles. The zero-order chi connectivity index (χ0) is 13.7. The molecule has 3 heteroatoms. The highest BCUT2D eigenvalue weighted by Crippen LogP contribution is 2.20. The van der Waals surface area contributed by atoms with Crippen molar-refractivity contribution >= 4 is 6.03 Å². The van der Waals surface area contributed by atoms with Crippen LogP contribution in [0.15, 0.2) is 30.3 Å². The first-order valence-corrected chi connectivity index (χ1v) is 7.34. The number of benzene rings is 1. The van der Waals surface area contributed by atoms with Crippen LogP contribution in [0.25, 0.3) is 0 Å². The fourth-order valence-corrected chi connectivity index (χ4v) is 2.79. The van der Waals surface area contributed by atoms with Gasteiger partial charge in [-0.05, 0) is 38.2 Å². The number of carbonyl (C=O) groups excluding carboxylic acids is 1. The summed E-state index contributed by atoms with van der Waals surface area (Å²) in [6.45, 7) is 5.10. The minimum Gasteiger partial charge on any atom is -0.331 e. The Balaban J connectivity index is 1.96. The van der Waals surface area contributed by atoms with Gasteiger partial charge in [-0.15, -0.1) is 0 Å². The summed E-state index contributed by atoms with van der Waals surface area (Å²) in [6, 6.07) is 10.7. The molecule has 1 heterocycles. The van der Waals surface area contributed by atoms with Crippen LogP contribution in [0.5, 0.6) is 0 Å². The zero-order valence-electron chi connectivity index (χ0n) is 11.9. The van der Waals surface area contributed by atoms with Crippen molar-refractivity contribution in [3.05, 3.63) is 35.9 Å². The Hall–Kier alpha value is -1.51. The molecule has 2 unspecified atom stereocenters. The van der Waals surface area contributed by atoms with Crippen molar-refractivity contribution < 1.29 is 4.79 Å². The minimum absolute atomic E-state index is 0.0631. The number of hydrogen-bond acceptors (Lipinski definition) is 1. The molecule has 2 rings (SSSR count). The lowest BCUT2D eigenvalue weighted by Crippen LogP contribution is -2.48. The maximum absolute atomic E-state index is 12.4. The quantitative estimate of drug-likeness (QED) is 0.882. The summed E-state index contributed by atoms with van der Waals surface area (Å²) in [5.41, 5.74) is 1.15. The van der Waals surface area contributed by atoms with Crippen molar-refractivity contribution in [2.24, 2.45) is 0 Å². The fourth-order valence-electron chi connectivity index (χ4n) is 2.79. The van der Waals surface area contributed by atoms with Crippen LogP contribution < -0.4 is 5.32 Å². The average molecular weight is 260 g/mol. The summed E-state index contributed by atoms with van der Waals surface area (Å²) >= 11 is 0. The van der Waals surface area contributed by atoms with Crippen LogP contribution >= 0.6 is 0 Å². The Morgan fingerprint density at radius 2 is 2.11 bits per heavy atom. The summed E-state index contributed by atoms with van der Waals surface area (Å²) in [6.07, 6.45) is 4.57. The Bertz CT molecular complexity index is 404. The van der Waals surface area contributed by atoms with Crippen molar-refractivity contribution in [3.63, 3.8) is 0 Å². The number of amides is 2. The molecule has 1 aromatic carbocycles. The maximum Gasteiger partial charge on any atom is 0.318 e. The molecule has 0 saturated carbocycles. The topological polar surface area (TPSA) is 32.3 Å². The van der Waals surface area contributed by atoms with Crippen molar-refractivity contribution in [3.8, 4) is 0 Å². The highest BCUT2D eigenvalue weighted by Gasteiger charge is 2.26. The monoisotopic (exact) mass is 260 g/mol. The lowest BCUT2D eigenvalue weighted by Gasteiger charge is -2.36. The molecule has 1 N–H and O–H groups in total. The van der Waals surface area contributed by atoms with E-state index in [4.69, 9.17) is 0 Å². The highest BCUT2D eigenvalue weighted by molar-refractivity contribution is 5.75. The van der Waals surface area contributed by atoms with Crippen LogP contribution in [0.4, 0.5) is 4.79 Å². The Labute approximate surface area is 116 Å². The number of carbonyl (C=O) groups is 1. The molecule has 19 heavy (non-hydrogen) atoms. The predicted molar refractivity (Wildman–Crippen MR) is 78.0 cm³/mol. The van der Waals surface area contributed by atoms with Crippen LogP contribution in [0.2, 0.25) is 0 Å². The van der Waals surface area contributed by atoms with Gasteiger partial charge < -0.3 is 10.2 Å². The first-order chi connectivity index (χ1) is 9.22. The van der Waals surface area contributed by atoms with Crippen molar-refractivity contribution in [1.82, 2.24) is 10.2 Å². The number of likely N-dealkylation sites (tertiary alicyclic amines) is 1. The van der Waals surface area contributed by atoms with Gasteiger partial charge in [-0.1, -0.05) is 37.3 Å². The molecular formula is C16H24N2O. The number of nitrogens with zero attached hydrogens (tertiary/aromatic N) is 1. The molecule has 0 radical (unpaired) electrons. The summed E-state index contributed by atoms with van der Waals surface area (Å²) in [5, 5.41) is 3.12. The first-order valence-electron chi connectivity index (χ1n) is 7.34. The lowest BCUT2D eigenvalue weighted by molar-refractivity contribution is 0.146. The molecule has 0 aliphatic carbocycles. The van der Waals surface area contributed by atoms with Gasteiger partial charge in [-0.3, -0.25) is 0 Å². The Kier molecular flexibility index (Phi) is 4.83. The second kappa shape index (κ2) is 6.60. The van der Waals surface area contributed by atoms with Crippen LogP contribution in [0.1, 0.15) is 51.1 Å². The molecule has 0 aromatic heterocycles. The average Bonchev–Trinajstić information content (AvgIpc) is 2.48. The predicted octanol–water partition coefficient (Wildman–Crippen LogP) is 3.72. The molecule has 0 spiro atoms. The van der Waals surface area contributed by atoms with Gasteiger partial charge in [0.05, 0.1) is 6.04 Å². The normalized spacial score (nSPS) is 20.9. The third kappa shape index (κ3) is 3.49. The molecule has 1 aromatic rings. The van der Waals surface area contributed by atoms with Gasteiger partial charge in [-0.25, -0.2) is 4.79 Å². The van der Waals surface area contributed by atoms with Gasteiger partial charge in [0.15, 0.2) is 0 Å². The van der Waals surface area contributed by atoms with Gasteiger partial charge in [0.2, 0.25) is 0 Å². The summed E-state index contributed by atoms with van der Waals surface area (Å²) in [7, 11) is 0. The van der Waals surface area contributed by atoms with Gasteiger partial charge >= 0.3 is 6.03 Å². The van der Waals surface area contributed by atoms with Crippen LogP contribution in [0.3, 0.4) is 0 Å². The van der Waals surface area contributed by atoms with E-state index in [9.17, 15) is 4.79 Å². The minimum atomic E-state index is 0.0631. The Morgan fingerprint density at radius 1 is 1.37 bits per heavy atom. The van der Waals surface area contributed by atoms with Crippen molar-refractivity contribution in [2.75, 3.05) is 6.54 Å². The second-order valence-electron chi connectivity index (χ2n) is 5.33. The van der Waals surface area contributed by atoms with E-state index in [1.807, 2.05) is 30.0 Å². The van der Waals surface area contributed by atoms with Crippen LogP contribution in [-0.2, 0) is 0 Å². The standard InChI is InChI=1S/C16H24N2O/c1-3-15-11-7-8-12-18(15)16(19)17-13(2)14-9-5-4-6-10-14/h4-6,9-10,13,15H,3,7-8,11-12H2,1-2H3,(H,17,19).